The number of alkyl halides is 1. The van der Waals surface area contributed by atoms with E-state index in [1.165, 1.54) is 6.92 Å². The minimum absolute atomic E-state index is 0. The molecule has 1 aliphatic rings. The van der Waals surface area contributed by atoms with Crippen molar-refractivity contribution in [3.63, 3.8) is 0 Å². The van der Waals surface area contributed by atoms with Crippen molar-refractivity contribution in [1.29, 1.82) is 0 Å². The van der Waals surface area contributed by atoms with Crippen molar-refractivity contribution >= 4 is 81.4 Å². The second-order valence-electron chi connectivity index (χ2n) is 11.5. The Hall–Kier alpha value is -4.73. The molecule has 6 aromatic rings. The number of carboxylic acids is 1. The number of halogens is 3. The zero-order chi connectivity index (χ0) is 40.8. The predicted molar refractivity (Wildman–Crippen MR) is 204 cm³/mol. The third-order valence-electron chi connectivity index (χ3n) is 7.12. The summed E-state index contributed by atoms with van der Waals surface area (Å²) >= 11 is 16.7. The van der Waals surface area contributed by atoms with Gasteiger partial charge in [-0.2, -0.15) is 13.7 Å². The molecule has 23 heteroatoms. The Morgan fingerprint density at radius 1 is 0.842 bits per heavy atom. The summed E-state index contributed by atoms with van der Waals surface area (Å²) in [5, 5.41) is 30.5. The smallest absolute Gasteiger partial charge is 0.550 e. The molecule has 1 fully saturated rings. The maximum absolute atomic E-state index is 10.6. The number of carbonyl (C=O) groups excluding carboxylic acids is 4. The van der Waals surface area contributed by atoms with Crippen LogP contribution in [0.2, 0.25) is 5.02 Å². The van der Waals surface area contributed by atoms with E-state index in [1.807, 2.05) is 68.4 Å². The molecule has 57 heavy (non-hydrogen) atoms. The fourth-order valence-electron chi connectivity index (χ4n) is 4.54. The van der Waals surface area contributed by atoms with E-state index in [0.717, 1.165) is 46.5 Å². The molecule has 2 amide bonds. The summed E-state index contributed by atoms with van der Waals surface area (Å²) in [7, 11) is 0. The van der Waals surface area contributed by atoms with E-state index in [9.17, 15) is 14.4 Å². The van der Waals surface area contributed by atoms with Crippen LogP contribution in [0.25, 0.3) is 34.1 Å². The van der Waals surface area contributed by atoms with Crippen molar-refractivity contribution in [1.82, 2.24) is 44.0 Å². The Morgan fingerprint density at radius 3 is 1.81 bits per heavy atom. The molecule has 7 rings (SSSR count). The second-order valence-corrected chi connectivity index (χ2v) is 12.4. The Labute approximate surface area is 362 Å². The quantitative estimate of drug-likeness (QED) is 0.0273. The maximum atomic E-state index is 10.6. The van der Waals surface area contributed by atoms with Gasteiger partial charge in [0.2, 0.25) is 11.8 Å². The van der Waals surface area contributed by atoms with Crippen LogP contribution in [0.3, 0.4) is 0 Å². The number of carbonyl (C=O) groups is 4. The summed E-state index contributed by atoms with van der Waals surface area (Å²) in [5.41, 5.74) is 6.92. The van der Waals surface area contributed by atoms with Crippen LogP contribution in [0.4, 0.5) is 11.4 Å². The number of aromatic nitrogens is 8. The van der Waals surface area contributed by atoms with Gasteiger partial charge < -0.3 is 34.7 Å². The van der Waals surface area contributed by atoms with E-state index >= 15 is 0 Å². The van der Waals surface area contributed by atoms with Crippen LogP contribution in [-0.2, 0) is 33.4 Å². The van der Waals surface area contributed by atoms with Crippen molar-refractivity contribution in [2.45, 2.75) is 40.5 Å². The number of benzene rings is 2. The molecule has 0 atom stereocenters. The average molecular weight is 857 g/mol. The molecular formula is C34H37Cl3N11NaO8. The van der Waals surface area contributed by atoms with Gasteiger partial charge in [0.25, 0.3) is 0 Å². The van der Waals surface area contributed by atoms with Crippen LogP contribution in [0.1, 0.15) is 38.1 Å². The fraction of sp³-hybridized carbons (Fsp3) is 0.294. The van der Waals surface area contributed by atoms with Crippen LogP contribution in [0.15, 0.2) is 54.6 Å². The normalized spacial score (nSPS) is 11.8. The number of nitrogens with one attached hydrogen (secondary N) is 4. The first-order valence-electron chi connectivity index (χ1n) is 16.5. The number of esters is 1. The number of nitrogens with zero attached hydrogens (tertiary/aromatic N) is 7. The van der Waals surface area contributed by atoms with Crippen LogP contribution in [0.5, 0.6) is 0 Å². The minimum atomic E-state index is -1.08. The zero-order valence-corrected chi connectivity index (χ0v) is 35.7. The van der Waals surface area contributed by atoms with Crippen LogP contribution in [0, 0.1) is 13.8 Å². The third-order valence-corrected chi connectivity index (χ3v) is 8.11. The molecular weight excluding hydrogens is 820 g/mol. The van der Waals surface area contributed by atoms with Crippen molar-refractivity contribution in [3.8, 4) is 22.8 Å². The number of aliphatic carboxylic acids is 1. The minimum Gasteiger partial charge on any atom is -0.550 e. The average Bonchev–Trinajstić information content (AvgIpc) is 3.96. The van der Waals surface area contributed by atoms with Gasteiger partial charge in [-0.15, -0.1) is 10.2 Å². The number of aromatic amines is 2. The molecule has 5 heterocycles. The van der Waals surface area contributed by atoms with E-state index in [0.29, 0.717) is 33.5 Å². The van der Waals surface area contributed by atoms with Gasteiger partial charge in [0.05, 0.1) is 5.69 Å². The number of hydrogen-bond acceptors (Lipinski definition) is 14. The summed E-state index contributed by atoms with van der Waals surface area (Å²) in [6, 6.07) is 17.5. The molecule has 298 valence electrons. The largest absolute Gasteiger partial charge is 1.00 e. The standard InChI is InChI=1S/C15H16ClN5O3.C13H14ClN5O.C4H4ClNO2.C2H4O2.Na/c1-9-13(16)15-18-14(20-21(15)19-9)11-3-5-12(6-4-11)17-7-23-8-24-10(2)22;1-9-6-12-16-13(18-19(12)17-9)10-2-4-11(5-3-10)15-8-20-7-14;5-6-3(7)1-2-4(6)8;1-2(3)4;/h3-6,17,19H,7-8H2,1-2H3;2-6,15,17H,7-8H2,1H3;1-2H2;1H3,(H,3,4);/q;;;;+1/p-1. The second kappa shape index (κ2) is 22.9. The van der Waals surface area contributed by atoms with Gasteiger partial charge in [-0.25, -0.2) is 9.97 Å². The fourth-order valence-corrected chi connectivity index (χ4v) is 4.95. The third kappa shape index (κ3) is 14.3. The molecule has 2 aromatic carbocycles. The molecule has 0 unspecified atom stereocenters. The zero-order valence-electron chi connectivity index (χ0n) is 31.5. The van der Waals surface area contributed by atoms with Crippen molar-refractivity contribution in [2.75, 3.05) is 37.0 Å². The molecule has 0 aliphatic carbocycles. The van der Waals surface area contributed by atoms with Crippen LogP contribution < -0.4 is 45.3 Å². The molecule has 4 N–H and O–H groups in total. The molecule has 0 saturated carbocycles. The van der Waals surface area contributed by atoms with Gasteiger partial charge in [-0.05, 0) is 69.3 Å². The molecule has 0 radical (unpaired) electrons. The van der Waals surface area contributed by atoms with E-state index in [-0.39, 0.29) is 79.8 Å². The van der Waals surface area contributed by atoms with E-state index in [4.69, 9.17) is 54.4 Å². The predicted octanol–water partition coefficient (Wildman–Crippen LogP) is 1.26. The van der Waals surface area contributed by atoms with Gasteiger partial charge in [0.1, 0.15) is 24.6 Å². The number of H-pyrrole nitrogens is 2. The number of hydrogen-bond donors (Lipinski definition) is 4. The van der Waals surface area contributed by atoms with E-state index in [2.05, 4.69) is 45.7 Å². The van der Waals surface area contributed by atoms with E-state index < -0.39 is 5.97 Å². The number of amides is 2. The first-order chi connectivity index (χ1) is 26.7. The molecule has 0 spiro atoms. The Balaban J connectivity index is 0.000000236. The summed E-state index contributed by atoms with van der Waals surface area (Å²) in [4.78, 5) is 49.1. The maximum Gasteiger partial charge on any atom is 1.00 e. The van der Waals surface area contributed by atoms with Gasteiger partial charge in [0.15, 0.2) is 29.7 Å². The van der Waals surface area contributed by atoms with Gasteiger partial charge in [-0.1, -0.05) is 23.2 Å². The number of anilines is 2. The number of rotatable bonds is 11. The SMILES string of the molecule is CC(=O)OCOCNc1ccc(-c2nc3c(Cl)c(C)[nH]n3n2)cc1.CC(=O)[O-].Cc1cc2nc(-c3ccc(NCOCCl)cc3)nn2[nH]1.O=C1CCC(=O)N1Cl.[Na+]. The molecule has 4 aromatic heterocycles. The number of fused-ring (bicyclic) bond motifs is 2. The number of ether oxygens (including phenoxy) is 3. The monoisotopic (exact) mass is 855 g/mol. The topological polar surface area (TPSA) is 238 Å². The Kier molecular flexibility index (Phi) is 18.7. The summed E-state index contributed by atoms with van der Waals surface area (Å²) in [6.45, 7) is 6.67. The molecule has 19 nitrogen and oxygen atoms in total. The van der Waals surface area contributed by atoms with Crippen LogP contribution in [-0.4, -0.2) is 94.1 Å². The van der Waals surface area contributed by atoms with Crippen molar-refractivity contribution in [2.24, 2.45) is 0 Å². The van der Waals surface area contributed by atoms with Gasteiger partial charge in [-0.3, -0.25) is 24.6 Å². The number of aryl methyl sites for hydroxylation is 2. The molecule has 1 saturated heterocycles. The number of carboxylic acid groups (broad SMARTS) is 1. The summed E-state index contributed by atoms with van der Waals surface area (Å²) < 4.78 is 18.7. The Morgan fingerprint density at radius 2 is 1.35 bits per heavy atom. The van der Waals surface area contributed by atoms with Gasteiger partial charge >= 0.3 is 35.5 Å². The van der Waals surface area contributed by atoms with Crippen molar-refractivity contribution in [3.05, 3.63) is 71.0 Å². The molecule has 0 bridgehead atoms. The van der Waals surface area contributed by atoms with Crippen molar-refractivity contribution < 1.29 is 68.1 Å². The summed E-state index contributed by atoms with van der Waals surface area (Å²) in [6.07, 6.45) is 0.532. The van der Waals surface area contributed by atoms with E-state index in [1.54, 1.807) is 9.26 Å². The number of imide groups is 1. The van der Waals surface area contributed by atoms with Gasteiger partial charge in [0, 0.05) is 71.8 Å². The first kappa shape index (κ1) is 46.7. The van der Waals surface area contributed by atoms with Crippen LogP contribution >= 0.6 is 35.0 Å². The Bertz CT molecular complexity index is 2190. The summed E-state index contributed by atoms with van der Waals surface area (Å²) in [5.74, 6) is -0.771. The molecule has 1 aliphatic heterocycles. The first-order valence-corrected chi connectivity index (χ1v) is 17.8.